The molecule has 0 fully saturated rings. The molecule has 0 aliphatic carbocycles. The number of benzene rings is 1. The number of allylic oxidation sites excluding steroid dienone is 1. The smallest absolute Gasteiger partial charge is 0.207 e. The van der Waals surface area contributed by atoms with Gasteiger partial charge in [0, 0.05) is 15.8 Å². The Morgan fingerprint density at radius 1 is 1.38 bits per heavy atom. The molecule has 84 valence electrons. The largest absolute Gasteiger partial charge is 0.490 e. The number of rotatable bonds is 4. The van der Waals surface area contributed by atoms with Crippen LogP contribution in [0.2, 0.25) is 0 Å². The minimum Gasteiger partial charge on any atom is -0.490 e. The number of carbonyl (C=O) groups excluding carboxylic acids is 1. The van der Waals surface area contributed by atoms with E-state index >= 15 is 0 Å². The Bertz CT molecular complexity index is 412. The highest BCUT2D eigenvalue weighted by atomic mass is 79.9. The summed E-state index contributed by atoms with van der Waals surface area (Å²) in [7, 11) is 0. The maximum Gasteiger partial charge on any atom is 0.207 e. The molecule has 0 saturated carbocycles. The Morgan fingerprint density at radius 3 is 2.75 bits per heavy atom. The van der Waals surface area contributed by atoms with Crippen molar-refractivity contribution in [1.82, 2.24) is 0 Å². The standard InChI is InChI=1S/C12H11BrO2S/c13-9-3-5-10(6-4-9)16-8-11(14)12-2-1-7-15-12/h2-6H,1,7-8H2. The number of ketones is 1. The van der Waals surface area contributed by atoms with Gasteiger partial charge in [-0.25, -0.2) is 0 Å². The molecule has 0 unspecified atom stereocenters. The fraction of sp³-hybridized carbons (Fsp3) is 0.250. The minimum atomic E-state index is 0.0745. The fourth-order valence-electron chi connectivity index (χ4n) is 1.36. The van der Waals surface area contributed by atoms with Gasteiger partial charge in [0.25, 0.3) is 0 Å². The molecule has 0 bridgehead atoms. The maximum atomic E-state index is 11.7. The van der Waals surface area contributed by atoms with E-state index in [0.717, 1.165) is 15.8 Å². The summed E-state index contributed by atoms with van der Waals surface area (Å²) in [4.78, 5) is 12.8. The molecule has 0 radical (unpaired) electrons. The van der Waals surface area contributed by atoms with Crippen LogP contribution in [-0.2, 0) is 9.53 Å². The Labute approximate surface area is 107 Å². The van der Waals surface area contributed by atoms with Crippen molar-refractivity contribution in [2.24, 2.45) is 0 Å². The van der Waals surface area contributed by atoms with E-state index in [1.165, 1.54) is 11.8 Å². The number of hydrogen-bond donors (Lipinski definition) is 0. The molecule has 0 atom stereocenters. The number of hydrogen-bond acceptors (Lipinski definition) is 3. The number of Topliss-reactive ketones (excluding diaryl/α,β-unsaturated/α-hetero) is 1. The molecule has 2 nitrogen and oxygen atoms in total. The lowest BCUT2D eigenvalue weighted by molar-refractivity contribution is -0.116. The van der Waals surface area contributed by atoms with Crippen molar-refractivity contribution in [3.05, 3.63) is 40.6 Å². The SMILES string of the molecule is O=C(CSc1ccc(Br)cc1)C1=CCCO1. The third kappa shape index (κ3) is 3.12. The summed E-state index contributed by atoms with van der Waals surface area (Å²) in [5.74, 6) is 1.04. The lowest BCUT2D eigenvalue weighted by Crippen LogP contribution is -2.05. The lowest BCUT2D eigenvalue weighted by atomic mass is 10.3. The van der Waals surface area contributed by atoms with E-state index in [1.54, 1.807) is 0 Å². The van der Waals surface area contributed by atoms with Crippen LogP contribution in [-0.4, -0.2) is 18.1 Å². The van der Waals surface area contributed by atoms with Gasteiger partial charge in [0.05, 0.1) is 12.4 Å². The highest BCUT2D eigenvalue weighted by molar-refractivity contribution is 9.10. The Hall–Kier alpha value is -0.740. The predicted molar refractivity (Wildman–Crippen MR) is 68.5 cm³/mol. The average Bonchev–Trinajstić information content (AvgIpc) is 2.81. The van der Waals surface area contributed by atoms with E-state index in [-0.39, 0.29) is 5.78 Å². The Balaban J connectivity index is 1.87. The predicted octanol–water partition coefficient (Wildman–Crippen LogP) is 3.41. The van der Waals surface area contributed by atoms with Gasteiger partial charge in [0.15, 0.2) is 5.76 Å². The molecule has 4 heteroatoms. The third-order valence-corrected chi connectivity index (χ3v) is 3.70. The van der Waals surface area contributed by atoms with Crippen LogP contribution < -0.4 is 0 Å². The zero-order valence-corrected chi connectivity index (χ0v) is 11.0. The van der Waals surface area contributed by atoms with E-state index in [2.05, 4.69) is 15.9 Å². The van der Waals surface area contributed by atoms with E-state index in [0.29, 0.717) is 18.1 Å². The van der Waals surface area contributed by atoms with Crippen molar-refractivity contribution in [3.63, 3.8) is 0 Å². The molecule has 0 N–H and O–H groups in total. The molecule has 2 rings (SSSR count). The van der Waals surface area contributed by atoms with Gasteiger partial charge in [-0.05, 0) is 30.3 Å². The first-order valence-corrected chi connectivity index (χ1v) is 6.78. The van der Waals surface area contributed by atoms with Gasteiger partial charge in [0.1, 0.15) is 0 Å². The van der Waals surface area contributed by atoms with Crippen molar-refractivity contribution in [2.45, 2.75) is 11.3 Å². The number of halogens is 1. The van der Waals surface area contributed by atoms with Crippen LogP contribution >= 0.6 is 27.7 Å². The molecule has 0 aromatic heterocycles. The second-order valence-electron chi connectivity index (χ2n) is 3.37. The summed E-state index contributed by atoms with van der Waals surface area (Å²) >= 11 is 4.91. The highest BCUT2D eigenvalue weighted by Gasteiger charge is 2.14. The summed E-state index contributed by atoms with van der Waals surface area (Å²) in [5.41, 5.74) is 0. The summed E-state index contributed by atoms with van der Waals surface area (Å²) in [5, 5.41) is 0. The molecule has 0 spiro atoms. The van der Waals surface area contributed by atoms with Gasteiger partial charge in [-0.15, -0.1) is 11.8 Å². The van der Waals surface area contributed by atoms with Crippen LogP contribution in [0.4, 0.5) is 0 Å². The van der Waals surface area contributed by atoms with Crippen LogP contribution in [0.25, 0.3) is 0 Å². The van der Waals surface area contributed by atoms with Crippen LogP contribution in [0.15, 0.2) is 45.5 Å². The number of ether oxygens (including phenoxy) is 1. The molecule has 1 aliphatic heterocycles. The first-order valence-electron chi connectivity index (χ1n) is 5.00. The Morgan fingerprint density at radius 2 is 2.12 bits per heavy atom. The van der Waals surface area contributed by atoms with Gasteiger partial charge in [-0.1, -0.05) is 15.9 Å². The van der Waals surface area contributed by atoms with E-state index in [4.69, 9.17) is 4.74 Å². The minimum absolute atomic E-state index is 0.0745. The quantitative estimate of drug-likeness (QED) is 0.797. The molecular weight excluding hydrogens is 288 g/mol. The Kier molecular flexibility index (Phi) is 4.07. The fourth-order valence-corrected chi connectivity index (χ4v) is 2.40. The topological polar surface area (TPSA) is 26.3 Å². The zero-order valence-electron chi connectivity index (χ0n) is 8.61. The van der Waals surface area contributed by atoms with Crippen molar-refractivity contribution in [3.8, 4) is 0 Å². The average molecular weight is 299 g/mol. The van der Waals surface area contributed by atoms with Crippen molar-refractivity contribution in [1.29, 1.82) is 0 Å². The van der Waals surface area contributed by atoms with Gasteiger partial charge in [0.2, 0.25) is 5.78 Å². The van der Waals surface area contributed by atoms with Crippen molar-refractivity contribution < 1.29 is 9.53 Å². The second kappa shape index (κ2) is 5.55. The van der Waals surface area contributed by atoms with E-state index in [1.807, 2.05) is 30.3 Å². The first-order chi connectivity index (χ1) is 7.75. The normalized spacial score (nSPS) is 14.4. The van der Waals surface area contributed by atoms with Gasteiger partial charge in [-0.3, -0.25) is 4.79 Å². The van der Waals surface area contributed by atoms with Crippen LogP contribution in [0.5, 0.6) is 0 Å². The number of carbonyl (C=O) groups is 1. The summed E-state index contributed by atoms with van der Waals surface area (Å²) < 4.78 is 6.26. The van der Waals surface area contributed by atoms with Crippen molar-refractivity contribution in [2.75, 3.05) is 12.4 Å². The highest BCUT2D eigenvalue weighted by Crippen LogP contribution is 2.22. The van der Waals surface area contributed by atoms with E-state index < -0.39 is 0 Å². The summed E-state index contributed by atoms with van der Waals surface area (Å²) in [6.07, 6.45) is 2.72. The van der Waals surface area contributed by atoms with Crippen LogP contribution in [0.1, 0.15) is 6.42 Å². The summed E-state index contributed by atoms with van der Waals surface area (Å²) in [6, 6.07) is 7.92. The van der Waals surface area contributed by atoms with E-state index in [9.17, 15) is 4.79 Å². The molecule has 1 aromatic carbocycles. The van der Waals surface area contributed by atoms with Gasteiger partial charge in [-0.2, -0.15) is 0 Å². The van der Waals surface area contributed by atoms with Crippen molar-refractivity contribution >= 4 is 33.5 Å². The third-order valence-electron chi connectivity index (χ3n) is 2.16. The molecule has 1 aromatic rings. The molecule has 0 saturated heterocycles. The molecular formula is C12H11BrO2S. The molecule has 0 amide bonds. The van der Waals surface area contributed by atoms with Gasteiger partial charge < -0.3 is 4.74 Å². The second-order valence-corrected chi connectivity index (χ2v) is 5.34. The van der Waals surface area contributed by atoms with Crippen LogP contribution in [0, 0.1) is 0 Å². The van der Waals surface area contributed by atoms with Crippen LogP contribution in [0.3, 0.4) is 0 Å². The monoisotopic (exact) mass is 298 g/mol. The zero-order chi connectivity index (χ0) is 11.4. The molecule has 1 heterocycles. The molecule has 16 heavy (non-hydrogen) atoms. The lowest BCUT2D eigenvalue weighted by Gasteiger charge is -2.03. The van der Waals surface area contributed by atoms with Gasteiger partial charge >= 0.3 is 0 Å². The molecule has 1 aliphatic rings. The number of thioether (sulfide) groups is 1. The first kappa shape index (κ1) is 11.7. The summed E-state index contributed by atoms with van der Waals surface area (Å²) in [6.45, 7) is 0.643. The maximum absolute atomic E-state index is 11.7.